The summed E-state index contributed by atoms with van der Waals surface area (Å²) >= 11 is 0. The molecule has 0 aliphatic rings. The molecule has 8 nitrogen and oxygen atoms in total. The predicted octanol–water partition coefficient (Wildman–Crippen LogP) is 4.70. The minimum atomic E-state index is -0.298. The molecule has 0 atom stereocenters. The van der Waals surface area contributed by atoms with Crippen LogP contribution < -0.4 is 10.7 Å². The molecule has 0 amide bonds. The fourth-order valence-corrected chi connectivity index (χ4v) is 3.05. The van der Waals surface area contributed by atoms with Crippen molar-refractivity contribution < 1.29 is 4.39 Å². The maximum atomic E-state index is 13.2. The van der Waals surface area contributed by atoms with E-state index in [1.807, 2.05) is 58.0 Å². The van der Waals surface area contributed by atoms with Gasteiger partial charge in [-0.15, -0.1) is 0 Å². The molecule has 9 heteroatoms. The van der Waals surface area contributed by atoms with Crippen LogP contribution in [-0.2, 0) is 0 Å². The highest BCUT2D eigenvalue weighted by atomic mass is 19.1. The van der Waals surface area contributed by atoms with Crippen LogP contribution in [0.25, 0.3) is 5.95 Å². The lowest BCUT2D eigenvalue weighted by atomic mass is 10.1. The van der Waals surface area contributed by atoms with Crippen molar-refractivity contribution in [2.45, 2.75) is 27.7 Å². The number of hydrogen-bond donors (Lipinski definition) is 2. The van der Waals surface area contributed by atoms with Crippen LogP contribution in [0, 0.1) is 26.6 Å². The number of aryl methyl sites for hydroxylation is 3. The maximum absolute atomic E-state index is 13.2. The van der Waals surface area contributed by atoms with Gasteiger partial charge in [-0.1, -0.05) is 29.8 Å². The molecule has 0 aliphatic carbocycles. The Morgan fingerprint density at radius 3 is 2.25 bits per heavy atom. The van der Waals surface area contributed by atoms with E-state index in [1.165, 1.54) is 12.1 Å². The number of rotatable bonds is 6. The Morgan fingerprint density at radius 2 is 1.59 bits per heavy atom. The standard InChI is InChI=1S/C23H23FN8/c1-14-5-11-20(12-6-14)25-21-26-22(28-23(27-21)32-16(3)13-15(2)31-32)30-29-17(4)18-7-9-19(24)10-8-18/h5-13H,1-4H3,(H2,25,26,27,28,30)/b29-17+. The van der Waals surface area contributed by atoms with Gasteiger partial charge in [0.15, 0.2) is 0 Å². The van der Waals surface area contributed by atoms with Gasteiger partial charge in [-0.3, -0.25) is 0 Å². The van der Waals surface area contributed by atoms with Gasteiger partial charge < -0.3 is 5.32 Å². The third-order valence-electron chi connectivity index (χ3n) is 4.72. The summed E-state index contributed by atoms with van der Waals surface area (Å²) in [6.45, 7) is 7.68. The lowest BCUT2D eigenvalue weighted by molar-refractivity contribution is 0.628. The molecule has 0 spiro atoms. The minimum Gasteiger partial charge on any atom is -0.324 e. The van der Waals surface area contributed by atoms with Crippen LogP contribution in [0.4, 0.5) is 22.0 Å². The van der Waals surface area contributed by atoms with Gasteiger partial charge in [-0.2, -0.15) is 25.2 Å². The first kappa shape index (κ1) is 21.1. The number of nitrogens with one attached hydrogen (secondary N) is 2. The molecule has 0 saturated heterocycles. The molecular weight excluding hydrogens is 407 g/mol. The van der Waals surface area contributed by atoms with E-state index in [-0.39, 0.29) is 11.8 Å². The molecular formula is C23H23FN8. The molecule has 0 aliphatic heterocycles. The summed E-state index contributed by atoms with van der Waals surface area (Å²) in [5.74, 6) is 0.660. The van der Waals surface area contributed by atoms with Crippen molar-refractivity contribution in [3.8, 4) is 5.95 Å². The van der Waals surface area contributed by atoms with Crippen molar-refractivity contribution in [2.75, 3.05) is 10.7 Å². The lowest BCUT2D eigenvalue weighted by Crippen LogP contribution is -2.12. The minimum absolute atomic E-state index is 0.249. The molecule has 162 valence electrons. The second-order valence-electron chi connectivity index (χ2n) is 7.43. The molecule has 0 bridgehead atoms. The van der Waals surface area contributed by atoms with Gasteiger partial charge in [0.25, 0.3) is 5.95 Å². The van der Waals surface area contributed by atoms with E-state index in [2.05, 4.69) is 35.9 Å². The van der Waals surface area contributed by atoms with Crippen LogP contribution in [0.15, 0.2) is 59.7 Å². The van der Waals surface area contributed by atoms with Crippen LogP contribution in [0.5, 0.6) is 0 Å². The number of hydrogen-bond acceptors (Lipinski definition) is 7. The summed E-state index contributed by atoms with van der Waals surface area (Å²) in [5.41, 5.74) is 8.07. The van der Waals surface area contributed by atoms with E-state index in [1.54, 1.807) is 16.8 Å². The Hall–Kier alpha value is -4.14. The Morgan fingerprint density at radius 1 is 0.906 bits per heavy atom. The molecule has 32 heavy (non-hydrogen) atoms. The van der Waals surface area contributed by atoms with Crippen molar-refractivity contribution in [1.29, 1.82) is 0 Å². The Labute approximate surface area is 185 Å². The third-order valence-corrected chi connectivity index (χ3v) is 4.72. The predicted molar refractivity (Wildman–Crippen MR) is 123 cm³/mol. The summed E-state index contributed by atoms with van der Waals surface area (Å²) < 4.78 is 14.8. The molecule has 4 aromatic rings. The van der Waals surface area contributed by atoms with Crippen LogP contribution in [0.2, 0.25) is 0 Å². The first-order valence-electron chi connectivity index (χ1n) is 10.1. The summed E-state index contributed by atoms with van der Waals surface area (Å²) in [4.78, 5) is 13.4. The van der Waals surface area contributed by atoms with Gasteiger partial charge in [0, 0.05) is 11.4 Å². The molecule has 0 saturated carbocycles. The highest BCUT2D eigenvalue weighted by molar-refractivity contribution is 5.98. The molecule has 2 heterocycles. The van der Waals surface area contributed by atoms with E-state index in [0.717, 1.165) is 28.2 Å². The average molecular weight is 430 g/mol. The van der Waals surface area contributed by atoms with Crippen LogP contribution in [0.3, 0.4) is 0 Å². The van der Waals surface area contributed by atoms with Crippen molar-refractivity contribution in [2.24, 2.45) is 5.10 Å². The Kier molecular flexibility index (Phi) is 5.89. The first-order valence-corrected chi connectivity index (χ1v) is 10.1. The van der Waals surface area contributed by atoms with E-state index >= 15 is 0 Å². The summed E-state index contributed by atoms with van der Waals surface area (Å²) in [5, 5.41) is 12.0. The number of anilines is 3. The zero-order valence-electron chi connectivity index (χ0n) is 18.3. The van der Waals surface area contributed by atoms with Gasteiger partial charge in [0.1, 0.15) is 5.82 Å². The normalized spacial score (nSPS) is 11.5. The van der Waals surface area contributed by atoms with E-state index in [9.17, 15) is 4.39 Å². The quantitative estimate of drug-likeness (QED) is 0.340. The number of benzene rings is 2. The van der Waals surface area contributed by atoms with E-state index in [4.69, 9.17) is 0 Å². The molecule has 4 rings (SSSR count). The highest BCUT2D eigenvalue weighted by Crippen LogP contribution is 2.17. The topological polar surface area (TPSA) is 92.9 Å². The smallest absolute Gasteiger partial charge is 0.257 e. The molecule has 0 fully saturated rings. The summed E-state index contributed by atoms with van der Waals surface area (Å²) in [6.07, 6.45) is 0. The van der Waals surface area contributed by atoms with Crippen LogP contribution >= 0.6 is 0 Å². The average Bonchev–Trinajstić information content (AvgIpc) is 3.12. The van der Waals surface area contributed by atoms with Gasteiger partial charge in [0.2, 0.25) is 11.9 Å². The zero-order valence-corrected chi connectivity index (χ0v) is 18.3. The van der Waals surface area contributed by atoms with Crippen molar-refractivity contribution in [1.82, 2.24) is 24.7 Å². The third kappa shape index (κ3) is 4.94. The largest absolute Gasteiger partial charge is 0.324 e. The zero-order chi connectivity index (χ0) is 22.7. The van der Waals surface area contributed by atoms with Crippen LogP contribution in [0.1, 0.15) is 29.4 Å². The fourth-order valence-electron chi connectivity index (χ4n) is 3.05. The molecule has 0 radical (unpaired) electrons. The molecule has 2 aromatic carbocycles. The number of hydrazone groups is 1. The second kappa shape index (κ2) is 8.93. The second-order valence-corrected chi connectivity index (χ2v) is 7.43. The van der Waals surface area contributed by atoms with E-state index in [0.29, 0.717) is 17.6 Å². The Balaban J connectivity index is 1.67. The fraction of sp³-hybridized carbons (Fsp3) is 0.174. The molecule has 2 N–H and O–H groups in total. The molecule has 0 unspecified atom stereocenters. The van der Waals surface area contributed by atoms with Crippen molar-refractivity contribution >= 4 is 23.3 Å². The van der Waals surface area contributed by atoms with Crippen molar-refractivity contribution in [3.63, 3.8) is 0 Å². The molecule has 2 aromatic heterocycles. The number of aromatic nitrogens is 5. The number of nitrogens with zero attached hydrogens (tertiary/aromatic N) is 6. The van der Waals surface area contributed by atoms with Gasteiger partial charge in [0.05, 0.1) is 11.4 Å². The summed E-state index contributed by atoms with van der Waals surface area (Å²) in [6, 6.07) is 16.0. The summed E-state index contributed by atoms with van der Waals surface area (Å²) in [7, 11) is 0. The monoisotopic (exact) mass is 430 g/mol. The van der Waals surface area contributed by atoms with Crippen molar-refractivity contribution in [3.05, 3.63) is 82.9 Å². The first-order chi connectivity index (χ1) is 15.4. The van der Waals surface area contributed by atoms with Gasteiger partial charge in [-0.25, -0.2) is 14.5 Å². The SMILES string of the molecule is C/C(=N\Nc1nc(Nc2ccc(C)cc2)nc(-n2nc(C)cc2C)n1)c1ccc(F)cc1. The van der Waals surface area contributed by atoms with Gasteiger partial charge in [-0.05, 0) is 63.6 Å². The Bertz CT molecular complexity index is 1260. The number of halogens is 1. The van der Waals surface area contributed by atoms with Crippen LogP contribution in [-0.4, -0.2) is 30.4 Å². The van der Waals surface area contributed by atoms with E-state index < -0.39 is 0 Å². The maximum Gasteiger partial charge on any atom is 0.257 e. The highest BCUT2D eigenvalue weighted by Gasteiger charge is 2.12. The lowest BCUT2D eigenvalue weighted by Gasteiger charge is -2.10. The van der Waals surface area contributed by atoms with Gasteiger partial charge >= 0.3 is 0 Å².